The van der Waals surface area contributed by atoms with E-state index in [9.17, 15) is 4.79 Å². The molecule has 2 N–H and O–H groups in total. The van der Waals surface area contributed by atoms with E-state index in [-0.39, 0.29) is 25.0 Å². The number of hydrogen-bond donors (Lipinski definition) is 2. The van der Waals surface area contributed by atoms with E-state index < -0.39 is 0 Å². The number of fused-ring (bicyclic) bond motifs is 1. The number of aromatic nitrogens is 1. The van der Waals surface area contributed by atoms with Crippen molar-refractivity contribution in [3.63, 3.8) is 0 Å². The molecule has 0 radical (unpaired) electrons. The van der Waals surface area contributed by atoms with E-state index >= 15 is 0 Å². The zero-order valence-corrected chi connectivity index (χ0v) is 15.2. The van der Waals surface area contributed by atoms with Gasteiger partial charge < -0.3 is 24.8 Å². The number of nitrogens with one attached hydrogen (secondary N) is 2. The molecule has 0 unspecified atom stereocenters. The second kappa shape index (κ2) is 7.73. The van der Waals surface area contributed by atoms with Crippen LogP contribution in [-0.4, -0.2) is 30.0 Å². The second-order valence-electron chi connectivity index (χ2n) is 6.84. The molecule has 2 amide bonds. The summed E-state index contributed by atoms with van der Waals surface area (Å²) in [5, 5.41) is 5.89. The van der Waals surface area contributed by atoms with Crippen molar-refractivity contribution in [3.05, 3.63) is 42.2 Å². The molecule has 2 aromatic rings. The van der Waals surface area contributed by atoms with E-state index in [1.165, 1.54) is 0 Å². The molecule has 1 aromatic carbocycles. The van der Waals surface area contributed by atoms with Crippen molar-refractivity contribution in [3.8, 4) is 17.2 Å². The number of nitrogens with zero attached hydrogens (tertiary/aromatic N) is 1. The monoisotopic (exact) mass is 369 g/mol. The summed E-state index contributed by atoms with van der Waals surface area (Å²) in [7, 11) is 0. The third kappa shape index (κ3) is 4.24. The largest absolute Gasteiger partial charge is 0.489 e. The Morgan fingerprint density at radius 1 is 1.15 bits per heavy atom. The Balaban J connectivity index is 1.24. The van der Waals surface area contributed by atoms with E-state index in [1.807, 2.05) is 19.1 Å². The Kier molecular flexibility index (Phi) is 5.00. The number of ether oxygens (including phenoxy) is 3. The van der Waals surface area contributed by atoms with Gasteiger partial charge in [-0.3, -0.25) is 4.98 Å². The predicted octanol–water partition coefficient (Wildman–Crippen LogP) is 3.63. The van der Waals surface area contributed by atoms with Gasteiger partial charge in [0, 0.05) is 24.0 Å². The van der Waals surface area contributed by atoms with E-state index in [0.717, 1.165) is 37.1 Å². The van der Waals surface area contributed by atoms with Gasteiger partial charge in [-0.05, 0) is 56.9 Å². The summed E-state index contributed by atoms with van der Waals surface area (Å²) in [6, 6.07) is 9.13. The lowest BCUT2D eigenvalue weighted by atomic mass is 9.93. The van der Waals surface area contributed by atoms with Crippen LogP contribution in [0, 0.1) is 6.92 Å². The lowest BCUT2D eigenvalue weighted by Gasteiger charge is -2.29. The van der Waals surface area contributed by atoms with Crippen LogP contribution in [0.4, 0.5) is 10.5 Å². The van der Waals surface area contributed by atoms with Crippen LogP contribution in [0.2, 0.25) is 0 Å². The number of hydrogen-bond acceptors (Lipinski definition) is 5. The molecule has 0 saturated heterocycles. The first-order chi connectivity index (χ1) is 13.2. The Morgan fingerprint density at radius 2 is 1.96 bits per heavy atom. The number of benzene rings is 1. The van der Waals surface area contributed by atoms with E-state index in [0.29, 0.717) is 17.2 Å². The van der Waals surface area contributed by atoms with Gasteiger partial charge in [-0.1, -0.05) is 0 Å². The van der Waals surface area contributed by atoms with Crippen LogP contribution >= 0.6 is 0 Å². The van der Waals surface area contributed by atoms with Gasteiger partial charge in [-0.2, -0.15) is 0 Å². The predicted molar refractivity (Wildman–Crippen MR) is 100 cm³/mol. The third-order valence-electron chi connectivity index (χ3n) is 4.89. The first kappa shape index (κ1) is 17.5. The van der Waals surface area contributed by atoms with E-state index in [2.05, 4.69) is 15.6 Å². The van der Waals surface area contributed by atoms with Crippen LogP contribution in [0.5, 0.6) is 17.2 Å². The van der Waals surface area contributed by atoms with Crippen LogP contribution in [-0.2, 0) is 0 Å². The molecule has 142 valence electrons. The number of urea groups is 1. The van der Waals surface area contributed by atoms with Gasteiger partial charge in [-0.15, -0.1) is 0 Å². The topological polar surface area (TPSA) is 81.7 Å². The zero-order chi connectivity index (χ0) is 18.6. The zero-order valence-electron chi connectivity index (χ0n) is 15.2. The summed E-state index contributed by atoms with van der Waals surface area (Å²) in [4.78, 5) is 16.5. The summed E-state index contributed by atoms with van der Waals surface area (Å²) in [5.74, 6) is 2.19. The average Bonchev–Trinajstić information content (AvgIpc) is 3.13. The number of aryl methyl sites for hydroxylation is 1. The maximum atomic E-state index is 12.3. The van der Waals surface area contributed by atoms with Gasteiger partial charge in [0.1, 0.15) is 5.75 Å². The van der Waals surface area contributed by atoms with Gasteiger partial charge >= 0.3 is 6.03 Å². The summed E-state index contributed by atoms with van der Waals surface area (Å²) in [6.07, 6.45) is 5.52. The van der Waals surface area contributed by atoms with Crippen molar-refractivity contribution in [2.45, 2.75) is 44.8 Å². The molecule has 2 aliphatic rings. The molecule has 27 heavy (non-hydrogen) atoms. The molecule has 0 spiro atoms. The molecule has 1 saturated carbocycles. The Labute approximate surface area is 158 Å². The second-order valence-corrected chi connectivity index (χ2v) is 6.84. The fourth-order valence-electron chi connectivity index (χ4n) is 3.43. The molecule has 2 heterocycles. The number of amides is 2. The molecule has 0 atom stereocenters. The highest BCUT2D eigenvalue weighted by molar-refractivity contribution is 5.89. The molecule has 1 aromatic heterocycles. The molecule has 1 aliphatic carbocycles. The van der Waals surface area contributed by atoms with Gasteiger partial charge in [0.25, 0.3) is 0 Å². The molecule has 7 heteroatoms. The minimum absolute atomic E-state index is 0.147. The minimum Gasteiger partial charge on any atom is -0.489 e. The summed E-state index contributed by atoms with van der Waals surface area (Å²) in [6.45, 7) is 2.16. The van der Waals surface area contributed by atoms with Crippen LogP contribution in [0.1, 0.15) is 31.4 Å². The van der Waals surface area contributed by atoms with Gasteiger partial charge in [-0.25, -0.2) is 4.79 Å². The first-order valence-corrected chi connectivity index (χ1v) is 9.23. The smallest absolute Gasteiger partial charge is 0.319 e. The highest BCUT2D eigenvalue weighted by atomic mass is 16.7. The number of pyridine rings is 1. The lowest BCUT2D eigenvalue weighted by molar-refractivity contribution is 0.139. The average molecular weight is 369 g/mol. The van der Waals surface area contributed by atoms with Crippen molar-refractivity contribution in [1.29, 1.82) is 0 Å². The molecule has 4 rings (SSSR count). The van der Waals surface area contributed by atoms with Crippen LogP contribution < -0.4 is 24.8 Å². The minimum atomic E-state index is -0.207. The normalized spacial score (nSPS) is 20.8. The van der Waals surface area contributed by atoms with Gasteiger partial charge in [0.2, 0.25) is 6.79 Å². The van der Waals surface area contributed by atoms with Gasteiger partial charge in [0.15, 0.2) is 11.5 Å². The molecular weight excluding hydrogens is 346 g/mol. The summed E-state index contributed by atoms with van der Waals surface area (Å²) in [5.41, 5.74) is 1.58. The summed E-state index contributed by atoms with van der Waals surface area (Å²) < 4.78 is 16.7. The lowest BCUT2D eigenvalue weighted by Crippen LogP contribution is -2.41. The van der Waals surface area contributed by atoms with Crippen molar-refractivity contribution in [2.75, 3.05) is 12.1 Å². The number of carbonyl (C=O) groups excluding carboxylic acids is 1. The standard InChI is InChI=1S/C20H23N3O4/c1-13-17(3-2-10-21-13)27-16-7-4-14(5-8-16)22-20(24)23-15-6-9-18-19(11-15)26-12-25-18/h2-3,6,9-11,14,16H,4-5,7-8,12H2,1H3,(H2,22,23,24). The fraction of sp³-hybridized carbons (Fsp3) is 0.400. The molecule has 7 nitrogen and oxygen atoms in total. The van der Waals surface area contributed by atoms with Crippen molar-refractivity contribution in [1.82, 2.24) is 10.3 Å². The molecule has 1 fully saturated rings. The Bertz CT molecular complexity index is 819. The number of carbonyl (C=O) groups is 1. The highest BCUT2D eigenvalue weighted by Crippen LogP contribution is 2.34. The van der Waals surface area contributed by atoms with E-state index in [4.69, 9.17) is 14.2 Å². The first-order valence-electron chi connectivity index (χ1n) is 9.23. The molecule has 0 bridgehead atoms. The highest BCUT2D eigenvalue weighted by Gasteiger charge is 2.24. The third-order valence-corrected chi connectivity index (χ3v) is 4.89. The maximum absolute atomic E-state index is 12.3. The number of anilines is 1. The molecular formula is C20H23N3O4. The van der Waals surface area contributed by atoms with Crippen molar-refractivity contribution >= 4 is 11.7 Å². The number of rotatable bonds is 4. The molecule has 1 aliphatic heterocycles. The van der Waals surface area contributed by atoms with Gasteiger partial charge in [0.05, 0.1) is 11.8 Å². The fourth-order valence-corrected chi connectivity index (χ4v) is 3.43. The van der Waals surface area contributed by atoms with Crippen LogP contribution in [0.15, 0.2) is 36.5 Å². The van der Waals surface area contributed by atoms with E-state index in [1.54, 1.807) is 24.4 Å². The van der Waals surface area contributed by atoms with Crippen molar-refractivity contribution < 1.29 is 19.0 Å². The Hall–Kier alpha value is -2.96. The Morgan fingerprint density at radius 3 is 2.78 bits per heavy atom. The van der Waals surface area contributed by atoms with Crippen LogP contribution in [0.25, 0.3) is 0 Å². The maximum Gasteiger partial charge on any atom is 0.319 e. The quantitative estimate of drug-likeness (QED) is 0.860. The van der Waals surface area contributed by atoms with Crippen molar-refractivity contribution in [2.24, 2.45) is 0 Å². The SMILES string of the molecule is Cc1ncccc1OC1CCC(NC(=O)Nc2ccc3c(c2)OCO3)CC1. The summed E-state index contributed by atoms with van der Waals surface area (Å²) >= 11 is 0. The van der Waals surface area contributed by atoms with Crippen LogP contribution in [0.3, 0.4) is 0 Å².